The zero-order chi connectivity index (χ0) is 34.3. The number of aliphatic imine (C=N–C) groups is 1. The number of nitroso groups, excluding NO2 is 1. The second-order valence-corrected chi connectivity index (χ2v) is 19.3. The van der Waals surface area contributed by atoms with Gasteiger partial charge in [-0.3, -0.25) is 9.98 Å². The lowest BCUT2D eigenvalue weighted by atomic mass is 9.62. The highest BCUT2D eigenvalue weighted by Gasteiger charge is 2.45. The van der Waals surface area contributed by atoms with Gasteiger partial charge in [0.1, 0.15) is 11.8 Å². The lowest BCUT2D eigenvalue weighted by Gasteiger charge is -2.46. The van der Waals surface area contributed by atoms with Crippen LogP contribution in [0.15, 0.2) is 46.7 Å². The molecule has 3 aliphatic rings. The van der Waals surface area contributed by atoms with Crippen LogP contribution in [0.1, 0.15) is 123 Å². The Bertz CT molecular complexity index is 1350. The highest BCUT2D eigenvalue weighted by Crippen LogP contribution is 2.48. The predicted molar refractivity (Wildman–Crippen MR) is 209 cm³/mol. The second kappa shape index (κ2) is 16.9. The van der Waals surface area contributed by atoms with Crippen LogP contribution in [0.4, 0.5) is 0 Å². The van der Waals surface area contributed by atoms with E-state index in [9.17, 15) is 10.0 Å². The molecule has 264 valence electrons. The van der Waals surface area contributed by atoms with Gasteiger partial charge in [-0.1, -0.05) is 84.5 Å². The predicted octanol–water partition coefficient (Wildman–Crippen LogP) is 11.5. The molecule has 0 radical (unpaired) electrons. The van der Waals surface area contributed by atoms with Crippen LogP contribution in [0.2, 0.25) is 0 Å². The average Bonchev–Trinajstić information content (AvgIpc) is 3.05. The van der Waals surface area contributed by atoms with Gasteiger partial charge in [0, 0.05) is 34.2 Å². The Labute approximate surface area is 299 Å². The molecule has 5 rings (SSSR count). The van der Waals surface area contributed by atoms with Gasteiger partial charge in [0.15, 0.2) is 0 Å². The van der Waals surface area contributed by atoms with E-state index in [2.05, 4.69) is 81.8 Å². The molecule has 2 aromatic rings. The maximum Gasteiger partial charge on any atom is 0.129 e. The number of hydrogen-bond acceptors (Lipinski definition) is 7. The van der Waals surface area contributed by atoms with Crippen molar-refractivity contribution in [2.45, 2.75) is 141 Å². The van der Waals surface area contributed by atoms with E-state index in [0.29, 0.717) is 28.8 Å². The summed E-state index contributed by atoms with van der Waals surface area (Å²) in [5.74, 6) is 5.12. The van der Waals surface area contributed by atoms with Gasteiger partial charge in [0.2, 0.25) is 0 Å². The van der Waals surface area contributed by atoms with Crippen LogP contribution >= 0.6 is 23.5 Å². The summed E-state index contributed by atoms with van der Waals surface area (Å²) in [6.07, 6.45) is 17.2. The third-order valence-electron chi connectivity index (χ3n) is 11.5. The molecule has 1 aromatic carbocycles. The van der Waals surface area contributed by atoms with Gasteiger partial charge in [0.05, 0.1) is 11.7 Å². The standard InChI is InChI=1S/C41H61N3O2S2/c1-40(2,3)31-21-29(38(44-46)33(23-31)35-16-11-13-19-42-35)27-48-37-18-10-8-7-9-15-28(37)25-47-26-30-22-32(41(4,5)6)24-34(39(30)45)36-17-12-14-20-43-36/h12,14,17,19-20,22,24,28-29,31,33,35,37-38,45H,7-11,13,15-16,18,21,23,25-27H2,1-6H3/t28?,29?,31?,33?,35-,37?,38-/m0/s1. The van der Waals surface area contributed by atoms with Crippen molar-refractivity contribution in [2.24, 2.45) is 39.3 Å². The van der Waals surface area contributed by atoms with Crippen LogP contribution < -0.4 is 0 Å². The first-order chi connectivity index (χ1) is 23.0. The van der Waals surface area contributed by atoms with Crippen LogP contribution in [0.25, 0.3) is 11.3 Å². The third kappa shape index (κ3) is 9.68. The van der Waals surface area contributed by atoms with Gasteiger partial charge in [-0.25, -0.2) is 0 Å². The van der Waals surface area contributed by atoms with Crippen molar-refractivity contribution in [1.82, 2.24) is 4.98 Å². The van der Waals surface area contributed by atoms with Crippen molar-refractivity contribution >= 4 is 29.7 Å². The normalized spacial score (nSPS) is 28.8. The van der Waals surface area contributed by atoms with Crippen LogP contribution in [0.5, 0.6) is 5.75 Å². The number of aromatic nitrogens is 1. The first-order valence-corrected chi connectivity index (χ1v) is 21.0. The number of thioether (sulfide) groups is 2. The van der Waals surface area contributed by atoms with E-state index in [1.54, 1.807) is 6.20 Å². The summed E-state index contributed by atoms with van der Waals surface area (Å²) in [4.78, 5) is 22.1. The van der Waals surface area contributed by atoms with Crippen LogP contribution in [0.3, 0.4) is 0 Å². The number of pyridine rings is 1. The number of phenols is 1. The van der Waals surface area contributed by atoms with E-state index in [1.165, 1.54) is 50.5 Å². The van der Waals surface area contributed by atoms with Crippen molar-refractivity contribution in [1.29, 1.82) is 0 Å². The summed E-state index contributed by atoms with van der Waals surface area (Å²) >= 11 is 4.14. The molecular formula is C41H61N3O2S2. The van der Waals surface area contributed by atoms with Gasteiger partial charge in [-0.2, -0.15) is 28.4 Å². The van der Waals surface area contributed by atoms with Gasteiger partial charge >= 0.3 is 0 Å². The van der Waals surface area contributed by atoms with Crippen molar-refractivity contribution < 1.29 is 5.11 Å². The number of nitrogens with zero attached hydrogens (tertiary/aromatic N) is 3. The van der Waals surface area contributed by atoms with Crippen molar-refractivity contribution in [2.75, 3.05) is 11.5 Å². The fourth-order valence-electron chi connectivity index (χ4n) is 8.33. The van der Waals surface area contributed by atoms with E-state index in [1.807, 2.05) is 30.0 Å². The lowest BCUT2D eigenvalue weighted by molar-refractivity contribution is 0.0780. The first-order valence-electron chi connectivity index (χ1n) is 18.8. The largest absolute Gasteiger partial charge is 0.507 e. The minimum Gasteiger partial charge on any atom is -0.507 e. The molecule has 5 unspecified atom stereocenters. The quantitative estimate of drug-likeness (QED) is 0.251. The summed E-state index contributed by atoms with van der Waals surface area (Å²) < 4.78 is 0. The monoisotopic (exact) mass is 691 g/mol. The highest BCUT2D eigenvalue weighted by atomic mass is 32.2. The SMILES string of the molecule is CC(C)(C)c1cc(CSCC2CCCCCCC2SCC2CC(C(C)(C)C)CC([C@@H]3CCCC=N3)[C@H]2N=O)c(O)c(-c2ccccn2)c1. The van der Waals surface area contributed by atoms with Crippen molar-refractivity contribution in [3.63, 3.8) is 0 Å². The Morgan fingerprint density at radius 3 is 2.38 bits per heavy atom. The minimum absolute atomic E-state index is 0.0282. The summed E-state index contributed by atoms with van der Waals surface area (Å²) in [5, 5.41) is 16.0. The Hall–Kier alpha value is -1.86. The molecule has 2 saturated carbocycles. The molecule has 7 heteroatoms. The molecule has 0 bridgehead atoms. The minimum atomic E-state index is -0.121. The van der Waals surface area contributed by atoms with Crippen molar-refractivity contribution in [3.05, 3.63) is 52.6 Å². The van der Waals surface area contributed by atoms with Gasteiger partial charge in [0.25, 0.3) is 0 Å². The molecule has 5 nitrogen and oxygen atoms in total. The molecule has 0 amide bonds. The zero-order valence-corrected chi connectivity index (χ0v) is 32.1. The fraction of sp³-hybridized carbons (Fsp3) is 0.707. The van der Waals surface area contributed by atoms with Gasteiger partial charge in [-0.15, -0.1) is 0 Å². The molecule has 0 spiro atoms. The van der Waals surface area contributed by atoms with Crippen LogP contribution in [-0.4, -0.2) is 45.1 Å². The molecule has 48 heavy (non-hydrogen) atoms. The summed E-state index contributed by atoms with van der Waals surface area (Å²) in [7, 11) is 0. The summed E-state index contributed by atoms with van der Waals surface area (Å²) in [6, 6.07) is 10.4. The molecular weight excluding hydrogens is 631 g/mol. The maximum absolute atomic E-state index is 12.6. The number of hydrogen-bond donors (Lipinski definition) is 1. The average molecular weight is 692 g/mol. The number of benzene rings is 1. The third-order valence-corrected chi connectivity index (χ3v) is 14.3. The Kier molecular flexibility index (Phi) is 13.2. The fourth-order valence-corrected chi connectivity index (χ4v) is 11.4. The molecule has 1 N–H and O–H groups in total. The summed E-state index contributed by atoms with van der Waals surface area (Å²) in [5.41, 5.74) is 4.08. The Balaban J connectivity index is 1.30. The van der Waals surface area contributed by atoms with Gasteiger partial charge in [-0.05, 0) is 115 Å². The van der Waals surface area contributed by atoms with E-state index in [0.717, 1.165) is 59.8 Å². The van der Waals surface area contributed by atoms with E-state index < -0.39 is 0 Å². The van der Waals surface area contributed by atoms with Crippen molar-refractivity contribution in [3.8, 4) is 17.0 Å². The molecule has 0 saturated heterocycles. The zero-order valence-electron chi connectivity index (χ0n) is 30.5. The smallest absolute Gasteiger partial charge is 0.129 e. The highest BCUT2D eigenvalue weighted by molar-refractivity contribution is 8.00. The lowest BCUT2D eigenvalue weighted by Crippen LogP contribution is -2.45. The molecule has 2 aliphatic carbocycles. The number of aromatic hydroxyl groups is 1. The van der Waals surface area contributed by atoms with E-state index >= 15 is 0 Å². The van der Waals surface area contributed by atoms with Gasteiger partial charge < -0.3 is 5.11 Å². The maximum atomic E-state index is 12.6. The first kappa shape index (κ1) is 37.4. The molecule has 1 aliphatic heterocycles. The topological polar surface area (TPSA) is 74.9 Å². The molecule has 1 aromatic heterocycles. The molecule has 7 atom stereocenters. The molecule has 2 heterocycles. The number of rotatable bonds is 10. The van der Waals surface area contributed by atoms with Crippen LogP contribution in [-0.2, 0) is 11.2 Å². The molecule has 2 fully saturated rings. The van der Waals surface area contributed by atoms with E-state index in [-0.39, 0.29) is 28.8 Å². The Morgan fingerprint density at radius 2 is 1.71 bits per heavy atom. The number of phenolic OH excluding ortho intramolecular Hbond substituents is 1. The second-order valence-electron chi connectivity index (χ2n) is 17.0. The summed E-state index contributed by atoms with van der Waals surface area (Å²) in [6.45, 7) is 13.9. The van der Waals surface area contributed by atoms with E-state index in [4.69, 9.17) is 4.99 Å². The Morgan fingerprint density at radius 1 is 0.917 bits per heavy atom. The van der Waals surface area contributed by atoms with Crippen LogP contribution in [0, 0.1) is 34.0 Å².